The van der Waals surface area contributed by atoms with Crippen LogP contribution in [0.1, 0.15) is 29.5 Å². The zero-order valence-corrected chi connectivity index (χ0v) is 11.3. The Bertz CT molecular complexity index is 597. The van der Waals surface area contributed by atoms with Gasteiger partial charge >= 0.3 is 12.0 Å². The molecule has 3 N–H and O–H groups in total. The van der Waals surface area contributed by atoms with Crippen molar-refractivity contribution in [3.05, 3.63) is 34.9 Å². The number of hydrogen-bond acceptors (Lipinski definition) is 3. The first kappa shape index (κ1) is 14.0. The van der Waals surface area contributed by atoms with E-state index in [0.717, 1.165) is 11.1 Å². The van der Waals surface area contributed by atoms with Crippen LogP contribution < -0.4 is 10.6 Å². The van der Waals surface area contributed by atoms with Crippen LogP contribution in [0.15, 0.2) is 18.2 Å². The number of amides is 3. The van der Waals surface area contributed by atoms with E-state index in [1.165, 1.54) is 0 Å². The minimum Gasteiger partial charge on any atom is -0.481 e. The van der Waals surface area contributed by atoms with E-state index in [-0.39, 0.29) is 12.8 Å². The molecule has 106 valence electrons. The van der Waals surface area contributed by atoms with E-state index in [2.05, 4.69) is 10.6 Å². The summed E-state index contributed by atoms with van der Waals surface area (Å²) in [5, 5.41) is 13.7. The number of carbonyl (C=O) groups excluding carboxylic acids is 2. The first-order valence-corrected chi connectivity index (χ1v) is 6.28. The van der Waals surface area contributed by atoms with Crippen molar-refractivity contribution in [3.63, 3.8) is 0 Å². The van der Waals surface area contributed by atoms with Crippen molar-refractivity contribution in [2.45, 2.75) is 32.2 Å². The van der Waals surface area contributed by atoms with Gasteiger partial charge in [-0.15, -0.1) is 0 Å². The number of benzene rings is 1. The van der Waals surface area contributed by atoms with E-state index in [0.29, 0.717) is 5.56 Å². The molecule has 1 aliphatic heterocycles. The molecule has 0 spiro atoms. The highest BCUT2D eigenvalue weighted by Gasteiger charge is 2.48. The fourth-order valence-corrected chi connectivity index (χ4v) is 2.48. The second-order valence-corrected chi connectivity index (χ2v) is 5.03. The third-order valence-electron chi connectivity index (χ3n) is 3.51. The van der Waals surface area contributed by atoms with Crippen LogP contribution in [0.5, 0.6) is 0 Å². The highest BCUT2D eigenvalue weighted by Crippen LogP contribution is 2.32. The Balaban J connectivity index is 2.51. The average Bonchev–Trinajstić information content (AvgIpc) is 2.65. The number of imide groups is 1. The maximum Gasteiger partial charge on any atom is 0.322 e. The molecule has 0 aliphatic carbocycles. The number of aliphatic carboxylic acids is 1. The summed E-state index contributed by atoms with van der Waals surface area (Å²) in [5.74, 6) is -1.51. The smallest absolute Gasteiger partial charge is 0.322 e. The van der Waals surface area contributed by atoms with Crippen LogP contribution in [0.4, 0.5) is 4.79 Å². The van der Waals surface area contributed by atoms with Crippen LogP contribution in [0, 0.1) is 13.8 Å². The van der Waals surface area contributed by atoms with Crippen molar-refractivity contribution in [3.8, 4) is 0 Å². The SMILES string of the molecule is Cc1ccc(C)c(C2(CCC(=O)O)NC(=O)NC2=O)c1. The number of aryl methyl sites for hydroxylation is 2. The molecule has 0 bridgehead atoms. The van der Waals surface area contributed by atoms with Crippen LogP contribution in [0.25, 0.3) is 0 Å². The molecular weight excluding hydrogens is 260 g/mol. The van der Waals surface area contributed by atoms with Crippen molar-refractivity contribution < 1.29 is 19.5 Å². The van der Waals surface area contributed by atoms with Gasteiger partial charge in [-0.2, -0.15) is 0 Å². The van der Waals surface area contributed by atoms with Crippen molar-refractivity contribution in [1.82, 2.24) is 10.6 Å². The topological polar surface area (TPSA) is 95.5 Å². The Morgan fingerprint density at radius 2 is 2.00 bits per heavy atom. The Morgan fingerprint density at radius 1 is 1.30 bits per heavy atom. The standard InChI is InChI=1S/C14H16N2O4/c1-8-3-4-9(2)10(7-8)14(6-5-11(17)18)12(19)15-13(20)16-14/h3-4,7H,5-6H2,1-2H3,(H,17,18)(H2,15,16,19,20). The van der Waals surface area contributed by atoms with Gasteiger partial charge in [-0.1, -0.05) is 23.8 Å². The third kappa shape index (κ3) is 2.36. The van der Waals surface area contributed by atoms with Gasteiger partial charge in [0.15, 0.2) is 0 Å². The molecule has 3 amide bonds. The molecule has 1 heterocycles. The van der Waals surface area contributed by atoms with E-state index in [9.17, 15) is 14.4 Å². The summed E-state index contributed by atoms with van der Waals surface area (Å²) < 4.78 is 0. The first-order valence-electron chi connectivity index (χ1n) is 6.28. The molecule has 1 aromatic rings. The van der Waals surface area contributed by atoms with Crippen LogP contribution in [-0.4, -0.2) is 23.0 Å². The first-order chi connectivity index (χ1) is 9.35. The molecule has 1 aliphatic rings. The lowest BCUT2D eigenvalue weighted by Gasteiger charge is -2.28. The molecule has 1 saturated heterocycles. The van der Waals surface area contributed by atoms with Gasteiger partial charge in [0.05, 0.1) is 0 Å². The van der Waals surface area contributed by atoms with Crippen LogP contribution >= 0.6 is 0 Å². The van der Waals surface area contributed by atoms with Gasteiger partial charge in [0.1, 0.15) is 5.54 Å². The summed E-state index contributed by atoms with van der Waals surface area (Å²) >= 11 is 0. The quantitative estimate of drug-likeness (QED) is 0.720. The van der Waals surface area contributed by atoms with Gasteiger partial charge in [0.2, 0.25) is 0 Å². The zero-order chi connectivity index (χ0) is 14.9. The second kappa shape index (κ2) is 4.96. The summed E-state index contributed by atoms with van der Waals surface area (Å²) in [5.41, 5.74) is 1.11. The molecule has 0 saturated carbocycles. The van der Waals surface area contributed by atoms with Gasteiger partial charge in [-0.3, -0.25) is 14.9 Å². The highest BCUT2D eigenvalue weighted by atomic mass is 16.4. The Hall–Kier alpha value is -2.37. The van der Waals surface area contributed by atoms with Gasteiger partial charge < -0.3 is 10.4 Å². The van der Waals surface area contributed by atoms with Gasteiger partial charge in [0.25, 0.3) is 5.91 Å². The monoisotopic (exact) mass is 276 g/mol. The van der Waals surface area contributed by atoms with Crippen LogP contribution in [-0.2, 0) is 15.1 Å². The number of hydrogen-bond donors (Lipinski definition) is 3. The van der Waals surface area contributed by atoms with Crippen molar-refractivity contribution in [2.75, 3.05) is 0 Å². The van der Waals surface area contributed by atoms with Crippen molar-refractivity contribution in [2.24, 2.45) is 0 Å². The maximum absolute atomic E-state index is 12.2. The molecule has 1 atom stereocenters. The highest BCUT2D eigenvalue weighted by molar-refractivity contribution is 6.07. The largest absolute Gasteiger partial charge is 0.481 e. The predicted molar refractivity (Wildman–Crippen MR) is 71.1 cm³/mol. The number of rotatable bonds is 4. The van der Waals surface area contributed by atoms with E-state index in [1.54, 1.807) is 0 Å². The number of carbonyl (C=O) groups is 3. The molecule has 6 nitrogen and oxygen atoms in total. The molecule has 0 aromatic heterocycles. The number of urea groups is 1. The molecular formula is C14H16N2O4. The summed E-state index contributed by atoms with van der Waals surface area (Å²) in [6.07, 6.45) is -0.189. The Labute approximate surface area is 116 Å². The van der Waals surface area contributed by atoms with E-state index >= 15 is 0 Å². The average molecular weight is 276 g/mol. The molecule has 1 fully saturated rings. The lowest BCUT2D eigenvalue weighted by Crippen LogP contribution is -2.44. The van der Waals surface area contributed by atoms with Gasteiger partial charge in [-0.25, -0.2) is 4.79 Å². The number of carboxylic acid groups (broad SMARTS) is 1. The normalized spacial score (nSPS) is 21.5. The fourth-order valence-electron chi connectivity index (χ4n) is 2.48. The maximum atomic E-state index is 12.2. The van der Waals surface area contributed by atoms with Crippen LogP contribution in [0.3, 0.4) is 0 Å². The third-order valence-corrected chi connectivity index (χ3v) is 3.51. The molecule has 1 unspecified atom stereocenters. The summed E-state index contributed by atoms with van der Waals surface area (Å²) in [6, 6.07) is 4.97. The van der Waals surface area contributed by atoms with Gasteiger partial charge in [0, 0.05) is 6.42 Å². The lowest BCUT2D eigenvalue weighted by atomic mass is 9.82. The van der Waals surface area contributed by atoms with Gasteiger partial charge in [-0.05, 0) is 31.4 Å². The molecule has 6 heteroatoms. The predicted octanol–water partition coefficient (Wildman–Crippen LogP) is 1.20. The zero-order valence-electron chi connectivity index (χ0n) is 11.3. The minimum atomic E-state index is -1.30. The van der Waals surface area contributed by atoms with E-state index < -0.39 is 23.4 Å². The summed E-state index contributed by atoms with van der Waals surface area (Å²) in [6.45, 7) is 3.71. The molecule has 1 aromatic carbocycles. The van der Waals surface area contributed by atoms with E-state index in [1.807, 2.05) is 32.0 Å². The Morgan fingerprint density at radius 3 is 2.55 bits per heavy atom. The minimum absolute atomic E-state index is 0.0181. The van der Waals surface area contributed by atoms with Crippen LogP contribution in [0.2, 0.25) is 0 Å². The van der Waals surface area contributed by atoms with Crippen molar-refractivity contribution >= 4 is 17.9 Å². The lowest BCUT2D eigenvalue weighted by molar-refractivity contribution is -0.137. The second-order valence-electron chi connectivity index (χ2n) is 5.03. The van der Waals surface area contributed by atoms with Crippen molar-refractivity contribution in [1.29, 1.82) is 0 Å². The Kier molecular flexibility index (Phi) is 3.48. The van der Waals surface area contributed by atoms with E-state index in [4.69, 9.17) is 5.11 Å². The molecule has 20 heavy (non-hydrogen) atoms. The fraction of sp³-hybridized carbons (Fsp3) is 0.357. The number of nitrogens with one attached hydrogen (secondary N) is 2. The molecule has 0 radical (unpaired) electrons. The summed E-state index contributed by atoms with van der Waals surface area (Å²) in [4.78, 5) is 34.5. The molecule has 2 rings (SSSR count). The number of carboxylic acids is 1. The summed E-state index contributed by atoms with van der Waals surface area (Å²) in [7, 11) is 0.